The Morgan fingerprint density at radius 1 is 1.12 bits per heavy atom. The Morgan fingerprint density at radius 3 is 2.50 bits per heavy atom. The van der Waals surface area contributed by atoms with Crippen LogP contribution in [-0.2, 0) is 14.8 Å². The van der Waals surface area contributed by atoms with E-state index in [4.69, 9.17) is 4.42 Å². The second-order valence-corrected chi connectivity index (χ2v) is 9.77. The van der Waals surface area contributed by atoms with Gasteiger partial charge in [-0.05, 0) is 78.3 Å². The molecule has 0 aliphatic rings. The van der Waals surface area contributed by atoms with E-state index in [1.54, 1.807) is 12.1 Å². The first kappa shape index (κ1) is 19.3. The Hall–Kier alpha value is -1.45. The fourth-order valence-electron chi connectivity index (χ4n) is 2.92. The van der Waals surface area contributed by atoms with Crippen molar-refractivity contribution in [2.45, 2.75) is 38.1 Å². The van der Waals surface area contributed by atoms with Gasteiger partial charge in [0.2, 0.25) is 10.0 Å². The number of nitrogens with one attached hydrogen (secondary N) is 1. The topological polar surface area (TPSA) is 76.4 Å². The van der Waals surface area contributed by atoms with Gasteiger partial charge in [0.15, 0.2) is 0 Å². The molecule has 138 valence electrons. The lowest BCUT2D eigenvalue weighted by atomic mass is 10.0. The first-order chi connectivity index (χ1) is 12.2. The Labute approximate surface area is 166 Å². The number of halogens is 1. The summed E-state index contributed by atoms with van der Waals surface area (Å²) in [5.74, 6) is 0.0149. The van der Waals surface area contributed by atoms with E-state index in [1.165, 1.54) is 13.0 Å². The molecule has 1 N–H and O–H groups in total. The van der Waals surface area contributed by atoms with Gasteiger partial charge in [-0.2, -0.15) is 0 Å². The molecule has 0 unspecified atom stereocenters. The maximum Gasteiger partial charge on any atom is 0.241 e. The quantitative estimate of drug-likeness (QED) is 0.523. The second kappa shape index (κ2) is 7.28. The summed E-state index contributed by atoms with van der Waals surface area (Å²) in [5, 5.41) is 1.60. The molecule has 7 heteroatoms. The van der Waals surface area contributed by atoms with Crippen LogP contribution in [0.2, 0.25) is 0 Å². The lowest BCUT2D eigenvalue weighted by molar-refractivity contribution is -0.118. The van der Waals surface area contributed by atoms with Gasteiger partial charge >= 0.3 is 0 Å². The predicted molar refractivity (Wildman–Crippen MR) is 111 cm³/mol. The van der Waals surface area contributed by atoms with Crippen molar-refractivity contribution in [2.24, 2.45) is 5.92 Å². The Morgan fingerprint density at radius 2 is 1.85 bits per heavy atom. The number of rotatable bonds is 6. The number of benzene rings is 2. The van der Waals surface area contributed by atoms with Crippen LogP contribution in [0.3, 0.4) is 0 Å². The highest BCUT2D eigenvalue weighted by atomic mass is 127. The van der Waals surface area contributed by atoms with Gasteiger partial charge in [0, 0.05) is 14.3 Å². The van der Waals surface area contributed by atoms with Crippen LogP contribution in [0.1, 0.15) is 27.2 Å². The fraction of sp³-hybridized carbons (Fsp3) is 0.316. The number of sulfonamides is 1. The summed E-state index contributed by atoms with van der Waals surface area (Å²) in [4.78, 5) is 11.9. The van der Waals surface area contributed by atoms with Gasteiger partial charge in [0.1, 0.15) is 16.9 Å². The molecule has 0 saturated heterocycles. The molecule has 0 amide bonds. The molecular weight excluding hydrogens is 465 g/mol. The third-order valence-corrected chi connectivity index (χ3v) is 6.35. The molecule has 0 aliphatic carbocycles. The van der Waals surface area contributed by atoms with Gasteiger partial charge < -0.3 is 4.42 Å². The number of carbonyl (C=O) groups excluding carboxylic acids is 1. The molecule has 3 aromatic rings. The molecule has 0 saturated carbocycles. The zero-order valence-electron chi connectivity index (χ0n) is 14.7. The third kappa shape index (κ3) is 3.94. The van der Waals surface area contributed by atoms with Gasteiger partial charge in [0.25, 0.3) is 0 Å². The molecule has 0 bridgehead atoms. The average molecular weight is 485 g/mol. The summed E-state index contributed by atoms with van der Waals surface area (Å²) in [5.41, 5.74) is 1.35. The summed E-state index contributed by atoms with van der Waals surface area (Å²) in [6, 6.07) is 9.82. The van der Waals surface area contributed by atoms with Crippen molar-refractivity contribution in [3.8, 4) is 0 Å². The minimum atomic E-state index is -3.81. The van der Waals surface area contributed by atoms with Crippen molar-refractivity contribution in [2.75, 3.05) is 0 Å². The van der Waals surface area contributed by atoms with Gasteiger partial charge in [-0.3, -0.25) is 4.79 Å². The smallest absolute Gasteiger partial charge is 0.241 e. The summed E-state index contributed by atoms with van der Waals surface area (Å²) < 4.78 is 35.0. The highest BCUT2D eigenvalue weighted by molar-refractivity contribution is 14.1. The second-order valence-electron chi connectivity index (χ2n) is 6.81. The van der Waals surface area contributed by atoms with E-state index in [1.807, 2.05) is 32.0 Å². The zero-order valence-corrected chi connectivity index (χ0v) is 17.7. The van der Waals surface area contributed by atoms with E-state index in [0.29, 0.717) is 12.0 Å². The molecule has 1 atom stereocenters. The SMILES string of the molecule is CC(=O)[C@H](CC(C)C)NS(=O)(=O)c1ccc2oc3cc(I)ccc3c2c1. The Balaban J connectivity index is 2.03. The highest BCUT2D eigenvalue weighted by Gasteiger charge is 2.24. The van der Waals surface area contributed by atoms with E-state index < -0.39 is 16.1 Å². The number of fused-ring (bicyclic) bond motifs is 3. The van der Waals surface area contributed by atoms with Crippen molar-refractivity contribution in [1.29, 1.82) is 0 Å². The Bertz CT molecular complexity index is 1090. The van der Waals surface area contributed by atoms with Crippen molar-refractivity contribution in [3.63, 3.8) is 0 Å². The lowest BCUT2D eigenvalue weighted by Crippen LogP contribution is -2.40. The first-order valence-electron chi connectivity index (χ1n) is 8.32. The maximum atomic E-state index is 12.8. The van der Waals surface area contributed by atoms with Gasteiger partial charge in [0.05, 0.1) is 10.9 Å². The zero-order chi connectivity index (χ0) is 19.1. The minimum absolute atomic E-state index is 0.126. The molecule has 2 aromatic carbocycles. The number of hydrogen-bond donors (Lipinski definition) is 1. The first-order valence-corrected chi connectivity index (χ1v) is 10.9. The molecule has 3 rings (SSSR count). The van der Waals surface area contributed by atoms with Crippen LogP contribution in [0.15, 0.2) is 45.7 Å². The Kier molecular flexibility index (Phi) is 5.41. The van der Waals surface area contributed by atoms with E-state index in [-0.39, 0.29) is 16.6 Å². The molecule has 0 fully saturated rings. The van der Waals surface area contributed by atoms with Crippen molar-refractivity contribution in [3.05, 3.63) is 40.0 Å². The number of hydrogen-bond acceptors (Lipinski definition) is 4. The van der Waals surface area contributed by atoms with Gasteiger partial charge in [-0.15, -0.1) is 0 Å². The van der Waals surface area contributed by atoms with Gasteiger partial charge in [-0.25, -0.2) is 13.1 Å². The number of Topliss-reactive ketones (excluding diaryl/α,β-unsaturated/α-hetero) is 1. The van der Waals surface area contributed by atoms with E-state index in [0.717, 1.165) is 19.9 Å². The van der Waals surface area contributed by atoms with Crippen LogP contribution in [0.4, 0.5) is 0 Å². The van der Waals surface area contributed by atoms with Crippen LogP contribution in [0, 0.1) is 9.49 Å². The molecule has 1 aromatic heterocycles. The molecule has 0 radical (unpaired) electrons. The standard InChI is InChI=1S/C19H20INO4S/c1-11(2)8-17(12(3)22)21-26(23,24)14-5-7-18-16(10-14)15-6-4-13(20)9-19(15)25-18/h4-7,9-11,17,21H,8H2,1-3H3/t17-/m0/s1. The highest BCUT2D eigenvalue weighted by Crippen LogP contribution is 2.31. The monoisotopic (exact) mass is 485 g/mol. The van der Waals surface area contributed by atoms with Crippen LogP contribution < -0.4 is 4.72 Å². The third-order valence-electron chi connectivity index (χ3n) is 4.21. The minimum Gasteiger partial charge on any atom is -0.456 e. The van der Waals surface area contributed by atoms with Crippen LogP contribution >= 0.6 is 22.6 Å². The summed E-state index contributed by atoms with van der Waals surface area (Å²) in [7, 11) is -3.81. The predicted octanol–water partition coefficient (Wildman–Crippen LogP) is 4.47. The van der Waals surface area contributed by atoms with Crippen LogP contribution in [0.5, 0.6) is 0 Å². The number of carbonyl (C=O) groups is 1. The molecule has 5 nitrogen and oxygen atoms in total. The summed E-state index contributed by atoms with van der Waals surface area (Å²) in [6.07, 6.45) is 0.462. The van der Waals surface area contributed by atoms with Gasteiger partial charge in [-0.1, -0.05) is 13.8 Å². The lowest BCUT2D eigenvalue weighted by Gasteiger charge is -2.18. The molecule has 26 heavy (non-hydrogen) atoms. The van der Waals surface area contributed by atoms with Crippen LogP contribution in [0.25, 0.3) is 21.9 Å². The summed E-state index contributed by atoms with van der Waals surface area (Å²) >= 11 is 2.20. The average Bonchev–Trinajstić information content (AvgIpc) is 2.89. The van der Waals surface area contributed by atoms with E-state index in [9.17, 15) is 13.2 Å². The molecular formula is C19H20INO4S. The normalized spacial score (nSPS) is 13.6. The fourth-order valence-corrected chi connectivity index (χ4v) is 4.68. The molecule has 1 heterocycles. The van der Waals surface area contributed by atoms with Crippen molar-refractivity contribution in [1.82, 2.24) is 4.72 Å². The van der Waals surface area contributed by atoms with Crippen LogP contribution in [-0.4, -0.2) is 20.2 Å². The van der Waals surface area contributed by atoms with E-state index >= 15 is 0 Å². The number of ketones is 1. The van der Waals surface area contributed by atoms with Crippen molar-refractivity contribution < 1.29 is 17.6 Å². The molecule has 0 aliphatic heterocycles. The number of furan rings is 1. The maximum absolute atomic E-state index is 12.8. The molecule has 0 spiro atoms. The van der Waals surface area contributed by atoms with Crippen molar-refractivity contribution >= 4 is 60.3 Å². The summed E-state index contributed by atoms with van der Waals surface area (Å²) in [6.45, 7) is 5.31. The van der Waals surface area contributed by atoms with E-state index in [2.05, 4.69) is 27.3 Å². The largest absolute Gasteiger partial charge is 0.456 e.